The highest BCUT2D eigenvalue weighted by Crippen LogP contribution is 2.09. The van der Waals surface area contributed by atoms with Crippen LogP contribution in [0.4, 0.5) is 4.39 Å². The Morgan fingerprint density at radius 2 is 2.05 bits per heavy atom. The van der Waals surface area contributed by atoms with Gasteiger partial charge in [0.2, 0.25) is 12.2 Å². The SMILES string of the molecule is NCCCC[C@H](N)C(=O)N[C@H]([C]=O)Cc1ccccc1F. The van der Waals surface area contributed by atoms with E-state index in [4.69, 9.17) is 11.5 Å². The maximum absolute atomic E-state index is 13.5. The molecule has 0 bridgehead atoms. The van der Waals surface area contributed by atoms with Gasteiger partial charge >= 0.3 is 0 Å². The summed E-state index contributed by atoms with van der Waals surface area (Å²) in [5.41, 5.74) is 11.4. The molecule has 1 amide bonds. The fourth-order valence-electron chi connectivity index (χ4n) is 1.92. The van der Waals surface area contributed by atoms with Gasteiger partial charge in [-0.05, 0) is 31.0 Å². The molecule has 1 rings (SSSR count). The lowest BCUT2D eigenvalue weighted by molar-refractivity contribution is -0.122. The summed E-state index contributed by atoms with van der Waals surface area (Å²) < 4.78 is 13.5. The Morgan fingerprint density at radius 1 is 1.33 bits per heavy atom. The van der Waals surface area contributed by atoms with Gasteiger partial charge in [0, 0.05) is 6.42 Å². The Balaban J connectivity index is 2.52. The van der Waals surface area contributed by atoms with Gasteiger partial charge < -0.3 is 16.8 Å². The molecule has 0 saturated carbocycles. The third-order valence-electron chi connectivity index (χ3n) is 3.15. The van der Waals surface area contributed by atoms with Crippen molar-refractivity contribution in [3.8, 4) is 0 Å². The molecule has 5 nitrogen and oxygen atoms in total. The zero-order valence-electron chi connectivity index (χ0n) is 11.8. The fourth-order valence-corrected chi connectivity index (χ4v) is 1.92. The van der Waals surface area contributed by atoms with Crippen LogP contribution in [-0.2, 0) is 16.0 Å². The molecule has 5 N–H and O–H groups in total. The first kappa shape index (κ1) is 17.3. The fraction of sp³-hybridized carbons (Fsp3) is 0.467. The van der Waals surface area contributed by atoms with Crippen LogP contribution in [0.25, 0.3) is 0 Å². The number of unbranched alkanes of at least 4 members (excludes halogenated alkanes) is 1. The number of carbonyl (C=O) groups is 1. The Bertz CT molecular complexity index is 468. The van der Waals surface area contributed by atoms with E-state index in [1.54, 1.807) is 24.5 Å². The standard InChI is InChI=1S/C15H21FN3O2/c16-13-6-2-1-5-11(13)9-12(10-20)19-15(21)14(18)7-3-4-8-17/h1-2,5-6,12,14H,3-4,7-9,17-18H2,(H,19,21)/t12-,14-/m0/s1. The van der Waals surface area contributed by atoms with Crippen molar-refractivity contribution in [1.82, 2.24) is 5.32 Å². The summed E-state index contributed by atoms with van der Waals surface area (Å²) in [6.45, 7) is 0.548. The summed E-state index contributed by atoms with van der Waals surface area (Å²) in [6, 6.07) is 4.48. The van der Waals surface area contributed by atoms with Gasteiger partial charge in [0.1, 0.15) is 5.82 Å². The Hall–Kier alpha value is -1.79. The molecule has 1 aromatic carbocycles. The normalized spacial score (nSPS) is 13.5. The van der Waals surface area contributed by atoms with Crippen LogP contribution in [0.15, 0.2) is 24.3 Å². The van der Waals surface area contributed by atoms with Crippen molar-refractivity contribution in [1.29, 1.82) is 0 Å². The third-order valence-corrected chi connectivity index (χ3v) is 3.15. The number of halogens is 1. The summed E-state index contributed by atoms with van der Waals surface area (Å²) in [6.07, 6.45) is 3.79. The first-order chi connectivity index (χ1) is 10.1. The first-order valence-electron chi connectivity index (χ1n) is 6.95. The molecule has 0 aliphatic carbocycles. The predicted molar refractivity (Wildman–Crippen MR) is 78.6 cm³/mol. The van der Waals surface area contributed by atoms with Crippen LogP contribution in [0.1, 0.15) is 24.8 Å². The molecule has 0 unspecified atom stereocenters. The van der Waals surface area contributed by atoms with Gasteiger partial charge in [-0.2, -0.15) is 0 Å². The van der Waals surface area contributed by atoms with E-state index < -0.39 is 23.8 Å². The Labute approximate surface area is 123 Å². The van der Waals surface area contributed by atoms with E-state index in [2.05, 4.69) is 5.32 Å². The molecule has 0 aliphatic rings. The molecular weight excluding hydrogens is 273 g/mol. The van der Waals surface area contributed by atoms with E-state index in [0.717, 1.165) is 12.8 Å². The van der Waals surface area contributed by atoms with E-state index in [0.29, 0.717) is 18.5 Å². The van der Waals surface area contributed by atoms with Crippen molar-refractivity contribution in [3.63, 3.8) is 0 Å². The lowest BCUT2D eigenvalue weighted by Crippen LogP contribution is -2.46. The number of nitrogens with one attached hydrogen (secondary N) is 1. The van der Waals surface area contributed by atoms with Crippen molar-refractivity contribution in [2.45, 2.75) is 37.8 Å². The number of benzene rings is 1. The summed E-state index contributed by atoms with van der Waals surface area (Å²) in [7, 11) is 0. The van der Waals surface area contributed by atoms with Crippen LogP contribution in [0, 0.1) is 5.82 Å². The van der Waals surface area contributed by atoms with Crippen molar-refractivity contribution >= 4 is 12.2 Å². The number of amides is 1. The minimum Gasteiger partial charge on any atom is -0.344 e. The number of nitrogens with two attached hydrogens (primary N) is 2. The largest absolute Gasteiger partial charge is 0.344 e. The summed E-state index contributed by atoms with van der Waals surface area (Å²) in [5.74, 6) is -0.851. The summed E-state index contributed by atoms with van der Waals surface area (Å²) in [5, 5.41) is 2.48. The van der Waals surface area contributed by atoms with Crippen molar-refractivity contribution < 1.29 is 14.0 Å². The Morgan fingerprint density at radius 3 is 2.67 bits per heavy atom. The maximum Gasteiger partial charge on any atom is 0.237 e. The maximum atomic E-state index is 13.5. The van der Waals surface area contributed by atoms with Gasteiger partial charge in [0.05, 0.1) is 12.1 Å². The van der Waals surface area contributed by atoms with Crippen molar-refractivity contribution in [2.24, 2.45) is 11.5 Å². The summed E-state index contributed by atoms with van der Waals surface area (Å²) >= 11 is 0. The molecular formula is C15H21FN3O2. The van der Waals surface area contributed by atoms with Gasteiger partial charge in [-0.25, -0.2) is 4.39 Å². The average molecular weight is 294 g/mol. The van der Waals surface area contributed by atoms with Crippen LogP contribution in [-0.4, -0.2) is 30.8 Å². The van der Waals surface area contributed by atoms with Crippen molar-refractivity contribution in [2.75, 3.05) is 6.54 Å². The molecule has 21 heavy (non-hydrogen) atoms. The van der Waals surface area contributed by atoms with Gasteiger partial charge in [-0.1, -0.05) is 24.6 Å². The van der Waals surface area contributed by atoms with E-state index in [1.807, 2.05) is 0 Å². The Kier molecular flexibility index (Phi) is 7.56. The first-order valence-corrected chi connectivity index (χ1v) is 6.95. The van der Waals surface area contributed by atoms with Gasteiger partial charge in [0.15, 0.2) is 0 Å². The predicted octanol–water partition coefficient (Wildman–Crippen LogP) is 0.419. The topological polar surface area (TPSA) is 98.2 Å². The second-order valence-corrected chi connectivity index (χ2v) is 4.87. The van der Waals surface area contributed by atoms with E-state index in [1.165, 1.54) is 6.07 Å². The smallest absolute Gasteiger partial charge is 0.237 e. The molecule has 1 aromatic rings. The molecule has 0 saturated heterocycles. The van der Waals surface area contributed by atoms with Gasteiger partial charge in [-0.3, -0.25) is 9.59 Å². The molecule has 1 radical (unpaired) electrons. The quantitative estimate of drug-likeness (QED) is 0.575. The van der Waals surface area contributed by atoms with Crippen LogP contribution >= 0.6 is 0 Å². The lowest BCUT2D eigenvalue weighted by atomic mass is 10.0. The lowest BCUT2D eigenvalue weighted by Gasteiger charge is -2.16. The minimum absolute atomic E-state index is 0.0530. The molecule has 0 fully saturated rings. The molecule has 0 heterocycles. The third kappa shape index (κ3) is 6.01. The molecule has 0 aromatic heterocycles. The van der Waals surface area contributed by atoms with Gasteiger partial charge in [-0.15, -0.1) is 0 Å². The second kappa shape index (κ2) is 9.20. The average Bonchev–Trinajstić information content (AvgIpc) is 2.48. The van der Waals surface area contributed by atoms with Crippen LogP contribution in [0.2, 0.25) is 0 Å². The van der Waals surface area contributed by atoms with Crippen LogP contribution < -0.4 is 16.8 Å². The number of hydrogen-bond acceptors (Lipinski definition) is 4. The minimum atomic E-state index is -0.907. The van der Waals surface area contributed by atoms with Gasteiger partial charge in [0.25, 0.3) is 0 Å². The molecule has 0 aliphatic heterocycles. The number of carbonyl (C=O) groups excluding carboxylic acids is 2. The van der Waals surface area contributed by atoms with E-state index in [9.17, 15) is 14.0 Å². The number of hydrogen-bond donors (Lipinski definition) is 3. The second-order valence-electron chi connectivity index (χ2n) is 4.87. The molecule has 2 atom stereocenters. The molecule has 115 valence electrons. The number of rotatable bonds is 9. The highest BCUT2D eigenvalue weighted by atomic mass is 19.1. The monoisotopic (exact) mass is 294 g/mol. The van der Waals surface area contributed by atoms with E-state index in [-0.39, 0.29) is 6.42 Å². The zero-order chi connectivity index (χ0) is 15.7. The summed E-state index contributed by atoms with van der Waals surface area (Å²) in [4.78, 5) is 22.8. The highest BCUT2D eigenvalue weighted by Gasteiger charge is 2.19. The molecule has 6 heteroatoms. The van der Waals surface area contributed by atoms with E-state index >= 15 is 0 Å². The zero-order valence-corrected chi connectivity index (χ0v) is 11.8. The highest BCUT2D eigenvalue weighted by molar-refractivity contribution is 5.84. The molecule has 0 spiro atoms. The van der Waals surface area contributed by atoms with Crippen LogP contribution in [0.3, 0.4) is 0 Å². The van der Waals surface area contributed by atoms with Crippen LogP contribution in [0.5, 0.6) is 0 Å². The van der Waals surface area contributed by atoms with Crippen molar-refractivity contribution in [3.05, 3.63) is 35.6 Å².